The molecule has 0 saturated heterocycles. The number of rotatable bonds is 5. The van der Waals surface area contributed by atoms with Gasteiger partial charge in [-0.3, -0.25) is 14.3 Å². The van der Waals surface area contributed by atoms with Gasteiger partial charge in [0.05, 0.1) is 17.1 Å². The van der Waals surface area contributed by atoms with Crippen LogP contribution in [0.5, 0.6) is 5.75 Å². The Balaban J connectivity index is 2.07. The Kier molecular flexibility index (Phi) is 5.11. The van der Waals surface area contributed by atoms with Gasteiger partial charge in [-0.15, -0.1) is 0 Å². The van der Waals surface area contributed by atoms with Gasteiger partial charge in [0, 0.05) is 31.0 Å². The highest BCUT2D eigenvalue weighted by Crippen LogP contribution is 2.22. The maximum absolute atomic E-state index is 12.2. The monoisotopic (exact) mass is 332 g/mol. The molecular weight excluding hydrogens is 308 g/mol. The average molecular weight is 332 g/mol. The molecule has 0 aliphatic carbocycles. The Labute approximate surface area is 141 Å². The van der Waals surface area contributed by atoms with Crippen molar-refractivity contribution in [3.63, 3.8) is 0 Å². The van der Waals surface area contributed by atoms with Crippen LogP contribution in [-0.4, -0.2) is 26.9 Å². The van der Waals surface area contributed by atoms with Crippen LogP contribution in [0.1, 0.15) is 37.0 Å². The molecule has 1 N–H and O–H groups in total. The van der Waals surface area contributed by atoms with Crippen molar-refractivity contribution >= 4 is 11.6 Å². The van der Waals surface area contributed by atoms with E-state index in [1.54, 1.807) is 10.8 Å². The topological polar surface area (TPSA) is 78.2 Å². The maximum Gasteiger partial charge on any atom is 0.262 e. The second-order valence-corrected chi connectivity index (χ2v) is 6.18. The molecule has 0 unspecified atom stereocenters. The Hall–Kier alpha value is -2.57. The van der Waals surface area contributed by atoms with E-state index in [-0.39, 0.29) is 29.7 Å². The van der Waals surface area contributed by atoms with Crippen LogP contribution in [0.25, 0.3) is 0 Å². The average Bonchev–Trinajstić information content (AvgIpc) is 2.78. The lowest BCUT2D eigenvalue weighted by molar-refractivity contribution is -0.118. The van der Waals surface area contributed by atoms with Gasteiger partial charge in [0.25, 0.3) is 5.91 Å². The molecule has 0 aromatic carbocycles. The Morgan fingerprint density at radius 2 is 2.00 bits per heavy atom. The molecule has 0 aliphatic heterocycles. The summed E-state index contributed by atoms with van der Waals surface area (Å²) < 4.78 is 9.00. The van der Waals surface area contributed by atoms with Crippen LogP contribution in [0.4, 0.5) is 5.69 Å². The molecule has 0 spiro atoms. The summed E-state index contributed by atoms with van der Waals surface area (Å²) in [4.78, 5) is 24.0. The Bertz CT molecular complexity index is 818. The predicted molar refractivity (Wildman–Crippen MR) is 92.6 cm³/mol. The molecule has 0 fully saturated rings. The third kappa shape index (κ3) is 3.67. The highest BCUT2D eigenvalue weighted by molar-refractivity contribution is 5.93. The summed E-state index contributed by atoms with van der Waals surface area (Å²) in [6.45, 7) is 9.41. The molecule has 2 heterocycles. The number of anilines is 1. The van der Waals surface area contributed by atoms with E-state index in [1.165, 1.54) is 6.07 Å². The van der Waals surface area contributed by atoms with Gasteiger partial charge in [0.2, 0.25) is 5.43 Å². The van der Waals surface area contributed by atoms with Crippen LogP contribution in [-0.2, 0) is 11.8 Å². The lowest BCUT2D eigenvalue weighted by atomic mass is 10.3. The third-order valence-corrected chi connectivity index (χ3v) is 3.89. The molecule has 1 amide bonds. The number of aryl methyl sites for hydroxylation is 3. The first-order valence-corrected chi connectivity index (χ1v) is 7.86. The van der Waals surface area contributed by atoms with Crippen molar-refractivity contribution in [1.82, 2.24) is 14.3 Å². The Morgan fingerprint density at radius 1 is 1.33 bits per heavy atom. The van der Waals surface area contributed by atoms with E-state index in [9.17, 15) is 9.59 Å². The van der Waals surface area contributed by atoms with E-state index in [0.29, 0.717) is 5.69 Å². The van der Waals surface area contributed by atoms with E-state index in [0.717, 1.165) is 17.1 Å². The second kappa shape index (κ2) is 6.90. The van der Waals surface area contributed by atoms with Gasteiger partial charge >= 0.3 is 0 Å². The van der Waals surface area contributed by atoms with Crippen molar-refractivity contribution in [1.29, 1.82) is 0 Å². The van der Waals surface area contributed by atoms with Gasteiger partial charge in [0.15, 0.2) is 12.4 Å². The van der Waals surface area contributed by atoms with Crippen LogP contribution in [0.3, 0.4) is 0 Å². The highest BCUT2D eigenvalue weighted by Gasteiger charge is 2.16. The minimum Gasteiger partial charge on any atom is -0.478 e. The van der Waals surface area contributed by atoms with Crippen molar-refractivity contribution in [2.75, 3.05) is 11.9 Å². The fraction of sp³-hybridized carbons (Fsp3) is 0.471. The van der Waals surface area contributed by atoms with Crippen LogP contribution >= 0.6 is 0 Å². The quantitative estimate of drug-likeness (QED) is 0.909. The molecule has 0 saturated carbocycles. The van der Waals surface area contributed by atoms with Crippen LogP contribution < -0.4 is 15.5 Å². The zero-order valence-corrected chi connectivity index (χ0v) is 15.0. The summed E-state index contributed by atoms with van der Waals surface area (Å²) in [7, 11) is 1.81. The van der Waals surface area contributed by atoms with Gasteiger partial charge in [-0.2, -0.15) is 5.10 Å². The number of hydrogen-bond donors (Lipinski definition) is 1. The molecule has 0 bridgehead atoms. The van der Waals surface area contributed by atoms with Crippen LogP contribution in [0, 0.1) is 20.8 Å². The number of nitrogens with zero attached hydrogens (tertiary/aromatic N) is 3. The van der Waals surface area contributed by atoms with E-state index < -0.39 is 0 Å². The van der Waals surface area contributed by atoms with Crippen molar-refractivity contribution in [3.8, 4) is 5.75 Å². The summed E-state index contributed by atoms with van der Waals surface area (Å²) >= 11 is 0. The normalized spacial score (nSPS) is 11.0. The number of carbonyl (C=O) groups is 1. The molecular formula is C17H24N4O3. The molecule has 2 aromatic rings. The summed E-state index contributed by atoms with van der Waals surface area (Å²) in [6, 6.07) is 1.69. The summed E-state index contributed by atoms with van der Waals surface area (Å²) in [6.07, 6.45) is 1.58. The van der Waals surface area contributed by atoms with Crippen molar-refractivity contribution < 1.29 is 9.53 Å². The van der Waals surface area contributed by atoms with Gasteiger partial charge < -0.3 is 14.6 Å². The lowest BCUT2D eigenvalue weighted by Crippen LogP contribution is -2.23. The maximum atomic E-state index is 12.2. The first-order valence-electron chi connectivity index (χ1n) is 7.86. The standard InChI is InChI=1S/C17H24N4O3/c1-10(2)21-13(5)17(12(4)19-21)18-16(23)9-24-15-8-20(6)11(3)7-14(15)22/h7-8,10H,9H2,1-6H3,(H,18,23). The van der Waals surface area contributed by atoms with Crippen LogP contribution in [0.15, 0.2) is 17.1 Å². The summed E-state index contributed by atoms with van der Waals surface area (Å²) in [5.74, 6) is -0.170. The molecule has 130 valence electrons. The summed E-state index contributed by atoms with van der Waals surface area (Å²) in [5.41, 5.74) is 2.92. The van der Waals surface area contributed by atoms with Gasteiger partial charge in [-0.1, -0.05) is 0 Å². The minimum atomic E-state index is -0.327. The molecule has 0 atom stereocenters. The smallest absolute Gasteiger partial charge is 0.262 e. The van der Waals surface area contributed by atoms with Crippen molar-refractivity contribution in [3.05, 3.63) is 39.6 Å². The number of amides is 1. The van der Waals surface area contributed by atoms with E-state index in [2.05, 4.69) is 10.4 Å². The molecule has 0 aliphatic rings. The summed E-state index contributed by atoms with van der Waals surface area (Å²) in [5, 5.41) is 7.24. The molecule has 2 aromatic heterocycles. The molecule has 0 radical (unpaired) electrons. The van der Waals surface area contributed by atoms with E-state index in [4.69, 9.17) is 4.74 Å². The third-order valence-electron chi connectivity index (χ3n) is 3.89. The van der Waals surface area contributed by atoms with Gasteiger partial charge in [-0.05, 0) is 34.6 Å². The minimum absolute atomic E-state index is 0.157. The fourth-order valence-electron chi connectivity index (χ4n) is 2.48. The number of hydrogen-bond acceptors (Lipinski definition) is 4. The zero-order chi connectivity index (χ0) is 18.0. The lowest BCUT2D eigenvalue weighted by Gasteiger charge is -2.11. The zero-order valence-electron chi connectivity index (χ0n) is 15.0. The number of nitrogens with one attached hydrogen (secondary N) is 1. The fourth-order valence-corrected chi connectivity index (χ4v) is 2.48. The molecule has 24 heavy (non-hydrogen) atoms. The van der Waals surface area contributed by atoms with Crippen molar-refractivity contribution in [2.45, 2.75) is 40.7 Å². The van der Waals surface area contributed by atoms with Gasteiger partial charge in [-0.25, -0.2) is 0 Å². The van der Waals surface area contributed by atoms with Gasteiger partial charge in [0.1, 0.15) is 0 Å². The number of aromatic nitrogens is 3. The van der Waals surface area contributed by atoms with E-state index in [1.807, 2.05) is 46.3 Å². The first-order chi connectivity index (χ1) is 11.2. The largest absolute Gasteiger partial charge is 0.478 e. The number of carbonyl (C=O) groups excluding carboxylic acids is 1. The van der Waals surface area contributed by atoms with Crippen molar-refractivity contribution in [2.24, 2.45) is 7.05 Å². The number of ether oxygens (including phenoxy) is 1. The second-order valence-electron chi connectivity index (χ2n) is 6.18. The SMILES string of the molecule is Cc1nn(C(C)C)c(C)c1NC(=O)COc1cn(C)c(C)cc1=O. The Morgan fingerprint density at radius 3 is 2.58 bits per heavy atom. The van der Waals surface area contributed by atoms with E-state index >= 15 is 0 Å². The molecule has 2 rings (SSSR count). The number of pyridine rings is 1. The first kappa shape index (κ1) is 17.8. The molecule has 7 heteroatoms. The highest BCUT2D eigenvalue weighted by atomic mass is 16.5. The van der Waals surface area contributed by atoms with Crippen LogP contribution in [0.2, 0.25) is 0 Å². The predicted octanol–water partition coefficient (Wildman–Crippen LogP) is 2.11. The molecule has 7 nitrogen and oxygen atoms in total.